The lowest BCUT2D eigenvalue weighted by Gasteiger charge is -2.05. The van der Waals surface area contributed by atoms with Crippen molar-refractivity contribution in [3.63, 3.8) is 0 Å². The molecule has 0 aliphatic heterocycles. The summed E-state index contributed by atoms with van der Waals surface area (Å²) in [6.45, 7) is 1.96. The first-order chi connectivity index (χ1) is 5.75. The summed E-state index contributed by atoms with van der Waals surface area (Å²) in [7, 11) is 0. The van der Waals surface area contributed by atoms with Gasteiger partial charge in [0.05, 0.1) is 4.47 Å². The topological polar surface area (TPSA) is 22.1 Å². The zero-order valence-corrected chi connectivity index (χ0v) is 8.47. The Morgan fingerprint density at radius 1 is 1.50 bits per heavy atom. The normalized spacial score (nSPS) is 16.2. The van der Waals surface area contributed by atoms with Crippen molar-refractivity contribution in [1.82, 2.24) is 4.98 Å². The molecule has 0 unspecified atom stereocenters. The molecule has 0 atom stereocenters. The van der Waals surface area contributed by atoms with Gasteiger partial charge >= 0.3 is 0 Å². The minimum absolute atomic E-state index is 0.413. The lowest BCUT2D eigenvalue weighted by molar-refractivity contribution is 0.288. The van der Waals surface area contributed by atoms with Crippen LogP contribution >= 0.6 is 15.9 Å². The predicted octanol–water partition coefficient (Wildman–Crippen LogP) is 2.69. The average molecular weight is 228 g/mol. The van der Waals surface area contributed by atoms with Crippen LogP contribution in [-0.2, 0) is 0 Å². The van der Waals surface area contributed by atoms with Crippen molar-refractivity contribution in [2.75, 3.05) is 0 Å². The first-order valence-electron chi connectivity index (χ1n) is 4.05. The Morgan fingerprint density at radius 3 is 2.92 bits per heavy atom. The monoisotopic (exact) mass is 227 g/mol. The number of aromatic nitrogens is 1. The van der Waals surface area contributed by atoms with Crippen molar-refractivity contribution in [2.45, 2.75) is 25.9 Å². The molecule has 0 saturated heterocycles. The third-order valence-corrected chi connectivity index (χ3v) is 2.36. The van der Waals surface area contributed by atoms with Gasteiger partial charge in [0.1, 0.15) is 6.10 Å². The summed E-state index contributed by atoms with van der Waals surface area (Å²) >= 11 is 3.40. The fourth-order valence-corrected chi connectivity index (χ4v) is 1.26. The summed E-state index contributed by atoms with van der Waals surface area (Å²) < 4.78 is 6.52. The highest BCUT2D eigenvalue weighted by Crippen LogP contribution is 2.30. The number of hydrogen-bond acceptors (Lipinski definition) is 2. The average Bonchev–Trinajstić information content (AvgIpc) is 2.81. The molecule has 12 heavy (non-hydrogen) atoms. The van der Waals surface area contributed by atoms with Crippen LogP contribution in [-0.4, -0.2) is 11.1 Å². The fraction of sp³-hybridized carbons (Fsp3) is 0.444. The molecule has 2 rings (SSSR count). The fourth-order valence-electron chi connectivity index (χ4n) is 0.942. The molecule has 3 heteroatoms. The molecule has 1 aromatic heterocycles. The largest absolute Gasteiger partial charge is 0.474 e. The summed E-state index contributed by atoms with van der Waals surface area (Å²) in [5.41, 5.74) is 0.994. The molecule has 1 aliphatic rings. The van der Waals surface area contributed by atoms with E-state index in [2.05, 4.69) is 20.9 Å². The molecule has 1 heterocycles. The van der Waals surface area contributed by atoms with Crippen molar-refractivity contribution in [3.8, 4) is 5.88 Å². The van der Waals surface area contributed by atoms with Crippen LogP contribution in [0.5, 0.6) is 5.88 Å². The van der Waals surface area contributed by atoms with Crippen molar-refractivity contribution in [3.05, 3.63) is 22.3 Å². The highest BCUT2D eigenvalue weighted by atomic mass is 79.9. The number of hydrogen-bond donors (Lipinski definition) is 0. The lowest BCUT2D eigenvalue weighted by atomic mass is 10.4. The van der Waals surface area contributed by atoms with Gasteiger partial charge < -0.3 is 4.74 Å². The van der Waals surface area contributed by atoms with Crippen molar-refractivity contribution >= 4 is 15.9 Å². The van der Waals surface area contributed by atoms with Gasteiger partial charge in [-0.3, -0.25) is 0 Å². The maximum Gasteiger partial charge on any atom is 0.228 e. The number of nitrogens with zero attached hydrogens (tertiary/aromatic N) is 1. The van der Waals surface area contributed by atoms with Gasteiger partial charge in [-0.05, 0) is 47.8 Å². The zero-order valence-electron chi connectivity index (χ0n) is 6.88. The lowest BCUT2D eigenvalue weighted by Crippen LogP contribution is -1.99. The standard InChI is InChI=1S/C9H10BrNO/c1-6-2-5-8(10)9(11-6)12-7-3-4-7/h2,5,7H,3-4H2,1H3. The van der Waals surface area contributed by atoms with Crippen LogP contribution in [0.3, 0.4) is 0 Å². The molecule has 64 valence electrons. The maximum absolute atomic E-state index is 5.58. The van der Waals surface area contributed by atoms with E-state index in [1.54, 1.807) is 0 Å². The van der Waals surface area contributed by atoms with Crippen LogP contribution in [0.2, 0.25) is 0 Å². The van der Waals surface area contributed by atoms with Gasteiger partial charge in [0.15, 0.2) is 0 Å². The molecule has 1 saturated carbocycles. The second-order valence-corrected chi connectivity index (χ2v) is 3.91. The Morgan fingerprint density at radius 2 is 2.25 bits per heavy atom. The smallest absolute Gasteiger partial charge is 0.228 e. The van der Waals surface area contributed by atoms with Crippen molar-refractivity contribution < 1.29 is 4.74 Å². The number of aryl methyl sites for hydroxylation is 1. The number of ether oxygens (including phenoxy) is 1. The van der Waals surface area contributed by atoms with E-state index in [4.69, 9.17) is 4.74 Å². The summed E-state index contributed by atoms with van der Waals surface area (Å²) in [4.78, 5) is 4.28. The summed E-state index contributed by atoms with van der Waals surface area (Å²) in [6.07, 6.45) is 2.75. The van der Waals surface area contributed by atoms with Crippen LogP contribution < -0.4 is 4.74 Å². The molecule has 0 spiro atoms. The Balaban J connectivity index is 2.21. The van der Waals surface area contributed by atoms with Gasteiger partial charge in [0, 0.05) is 5.69 Å². The number of rotatable bonds is 2. The molecule has 0 bridgehead atoms. The van der Waals surface area contributed by atoms with Crippen molar-refractivity contribution in [2.24, 2.45) is 0 Å². The Bertz CT molecular complexity index is 297. The third-order valence-electron chi connectivity index (χ3n) is 1.76. The van der Waals surface area contributed by atoms with Crippen LogP contribution in [0.1, 0.15) is 18.5 Å². The van der Waals surface area contributed by atoms with Gasteiger partial charge in [-0.1, -0.05) is 0 Å². The van der Waals surface area contributed by atoms with Crippen molar-refractivity contribution in [1.29, 1.82) is 0 Å². The molecular formula is C9H10BrNO. The molecule has 0 radical (unpaired) electrons. The quantitative estimate of drug-likeness (QED) is 0.776. The van der Waals surface area contributed by atoms with Gasteiger partial charge in [-0.15, -0.1) is 0 Å². The maximum atomic E-state index is 5.58. The van der Waals surface area contributed by atoms with E-state index in [0.29, 0.717) is 6.10 Å². The minimum Gasteiger partial charge on any atom is -0.474 e. The SMILES string of the molecule is Cc1ccc(Br)c(OC2CC2)n1. The van der Waals surface area contributed by atoms with E-state index in [-0.39, 0.29) is 0 Å². The number of pyridine rings is 1. The van der Waals surface area contributed by atoms with Crippen LogP contribution in [0.15, 0.2) is 16.6 Å². The summed E-state index contributed by atoms with van der Waals surface area (Å²) in [6, 6.07) is 3.93. The van der Waals surface area contributed by atoms with Crippen LogP contribution in [0.4, 0.5) is 0 Å². The van der Waals surface area contributed by atoms with E-state index in [0.717, 1.165) is 16.0 Å². The second-order valence-electron chi connectivity index (χ2n) is 3.06. The van der Waals surface area contributed by atoms with Gasteiger partial charge in [0.25, 0.3) is 0 Å². The van der Waals surface area contributed by atoms with Gasteiger partial charge in [-0.2, -0.15) is 0 Å². The zero-order chi connectivity index (χ0) is 8.55. The molecule has 1 aliphatic carbocycles. The molecule has 0 amide bonds. The van der Waals surface area contributed by atoms with Gasteiger partial charge in [-0.25, -0.2) is 4.98 Å². The van der Waals surface area contributed by atoms with E-state index in [9.17, 15) is 0 Å². The highest BCUT2D eigenvalue weighted by Gasteiger charge is 2.24. The first kappa shape index (κ1) is 8.05. The molecular weight excluding hydrogens is 218 g/mol. The van der Waals surface area contributed by atoms with Gasteiger partial charge in [0.2, 0.25) is 5.88 Å². The van der Waals surface area contributed by atoms with Crippen LogP contribution in [0.25, 0.3) is 0 Å². The Hall–Kier alpha value is -0.570. The Kier molecular flexibility index (Phi) is 2.05. The minimum atomic E-state index is 0.413. The van der Waals surface area contributed by atoms with Crippen LogP contribution in [0, 0.1) is 6.92 Å². The number of halogens is 1. The summed E-state index contributed by atoms with van der Waals surface area (Å²) in [5, 5.41) is 0. The molecule has 0 N–H and O–H groups in total. The summed E-state index contributed by atoms with van der Waals surface area (Å²) in [5.74, 6) is 0.734. The third kappa shape index (κ3) is 1.78. The molecule has 1 fully saturated rings. The predicted molar refractivity (Wildman–Crippen MR) is 50.3 cm³/mol. The van der Waals surface area contributed by atoms with E-state index < -0.39 is 0 Å². The van der Waals surface area contributed by atoms with E-state index in [1.165, 1.54) is 12.8 Å². The molecule has 0 aromatic carbocycles. The second kappa shape index (κ2) is 3.05. The Labute approximate surface area is 80.1 Å². The molecule has 2 nitrogen and oxygen atoms in total. The first-order valence-corrected chi connectivity index (χ1v) is 4.85. The van der Waals surface area contributed by atoms with E-state index >= 15 is 0 Å². The van der Waals surface area contributed by atoms with E-state index in [1.807, 2.05) is 19.1 Å². The molecule has 1 aromatic rings. The highest BCUT2D eigenvalue weighted by molar-refractivity contribution is 9.10.